The lowest BCUT2D eigenvalue weighted by Gasteiger charge is -2.14. The van der Waals surface area contributed by atoms with Crippen LogP contribution in [0, 0.1) is 11.3 Å². The van der Waals surface area contributed by atoms with E-state index in [4.69, 9.17) is 4.74 Å². The first-order valence-electron chi connectivity index (χ1n) is 7.04. The largest absolute Gasteiger partial charge is 0.465 e. The normalized spacial score (nSPS) is 15.5. The maximum atomic E-state index is 13.2. The Bertz CT molecular complexity index is 612. The number of carbonyl (C=O) groups is 1. The van der Waals surface area contributed by atoms with E-state index in [-0.39, 0.29) is 28.7 Å². The molecule has 1 fully saturated rings. The van der Waals surface area contributed by atoms with Crippen molar-refractivity contribution >= 4 is 17.7 Å². The molecule has 4 nitrogen and oxygen atoms in total. The predicted molar refractivity (Wildman–Crippen MR) is 77.8 cm³/mol. The van der Waals surface area contributed by atoms with Crippen molar-refractivity contribution in [1.82, 2.24) is 4.98 Å². The minimum Gasteiger partial charge on any atom is -0.465 e. The van der Waals surface area contributed by atoms with Crippen LogP contribution in [-0.4, -0.2) is 22.8 Å². The van der Waals surface area contributed by atoms with E-state index in [1.165, 1.54) is 6.07 Å². The van der Waals surface area contributed by atoms with Gasteiger partial charge in [0.05, 0.1) is 12.2 Å². The molecule has 1 aliphatic rings. The minimum atomic E-state index is -2.74. The third-order valence-corrected chi connectivity index (χ3v) is 4.35. The maximum absolute atomic E-state index is 13.2. The first-order chi connectivity index (χ1) is 10.5. The highest BCUT2D eigenvalue weighted by atomic mass is 32.2. The number of halogens is 2. The number of thioether (sulfide) groups is 1. The van der Waals surface area contributed by atoms with E-state index < -0.39 is 17.6 Å². The van der Waals surface area contributed by atoms with Gasteiger partial charge in [-0.3, -0.25) is 4.79 Å². The molecular weight excluding hydrogens is 310 g/mol. The lowest BCUT2D eigenvalue weighted by Crippen LogP contribution is -2.17. The molecule has 1 atom stereocenters. The zero-order valence-electron chi connectivity index (χ0n) is 12.3. The molecule has 2 rings (SSSR count). The third-order valence-electron chi connectivity index (χ3n) is 3.29. The minimum absolute atomic E-state index is 0.152. The van der Waals surface area contributed by atoms with Crippen molar-refractivity contribution in [2.75, 3.05) is 6.61 Å². The number of hydrogen-bond acceptors (Lipinski definition) is 5. The van der Waals surface area contributed by atoms with Crippen molar-refractivity contribution in [2.24, 2.45) is 0 Å². The highest BCUT2D eigenvalue weighted by Gasteiger charge is 2.30. The van der Waals surface area contributed by atoms with E-state index in [0.717, 1.165) is 24.6 Å². The van der Waals surface area contributed by atoms with Crippen LogP contribution in [0.25, 0.3) is 0 Å². The molecule has 1 saturated carbocycles. The van der Waals surface area contributed by atoms with Crippen LogP contribution in [0.3, 0.4) is 0 Å². The number of nitriles is 1. The van der Waals surface area contributed by atoms with Crippen molar-refractivity contribution in [1.29, 1.82) is 5.26 Å². The first kappa shape index (κ1) is 16.7. The fourth-order valence-corrected chi connectivity index (χ4v) is 2.93. The summed E-state index contributed by atoms with van der Waals surface area (Å²) < 4.78 is 31.3. The Hall–Kier alpha value is -1.68. The summed E-state index contributed by atoms with van der Waals surface area (Å²) in [5.41, 5.74) is 0.117. The van der Waals surface area contributed by atoms with Gasteiger partial charge < -0.3 is 4.74 Å². The second-order valence-corrected chi connectivity index (χ2v) is 6.34. The molecule has 0 saturated heterocycles. The van der Waals surface area contributed by atoms with Crippen LogP contribution in [0.1, 0.15) is 55.9 Å². The number of rotatable bonds is 6. The second kappa shape index (κ2) is 7.05. The van der Waals surface area contributed by atoms with Gasteiger partial charge in [-0.15, -0.1) is 0 Å². The topological polar surface area (TPSA) is 63.0 Å². The molecule has 22 heavy (non-hydrogen) atoms. The van der Waals surface area contributed by atoms with Crippen molar-refractivity contribution < 1.29 is 18.3 Å². The first-order valence-corrected chi connectivity index (χ1v) is 7.92. The molecule has 0 spiro atoms. The van der Waals surface area contributed by atoms with Gasteiger partial charge in [-0.25, -0.2) is 13.8 Å². The molecule has 1 unspecified atom stereocenters. The van der Waals surface area contributed by atoms with Crippen molar-refractivity contribution in [3.05, 3.63) is 22.9 Å². The van der Waals surface area contributed by atoms with E-state index in [0.29, 0.717) is 5.69 Å². The molecule has 0 aliphatic heterocycles. The Morgan fingerprint density at radius 1 is 1.59 bits per heavy atom. The molecule has 0 amide bonds. The molecule has 1 aromatic rings. The monoisotopic (exact) mass is 326 g/mol. The van der Waals surface area contributed by atoms with Gasteiger partial charge in [0.15, 0.2) is 0 Å². The van der Waals surface area contributed by atoms with Crippen LogP contribution < -0.4 is 0 Å². The average Bonchev–Trinajstić information content (AvgIpc) is 3.31. The van der Waals surface area contributed by atoms with E-state index in [1.54, 1.807) is 19.9 Å². The summed E-state index contributed by atoms with van der Waals surface area (Å²) in [5.74, 6) is -0.267. The zero-order valence-corrected chi connectivity index (χ0v) is 13.1. The molecule has 7 heteroatoms. The number of pyridine rings is 1. The van der Waals surface area contributed by atoms with Crippen molar-refractivity contribution in [2.45, 2.75) is 49.3 Å². The molecule has 1 aromatic heterocycles. The summed E-state index contributed by atoms with van der Waals surface area (Å²) in [6.07, 6.45) is -0.912. The Balaban J connectivity index is 2.36. The van der Waals surface area contributed by atoms with Crippen molar-refractivity contribution in [3.8, 4) is 6.07 Å². The lowest BCUT2D eigenvalue weighted by atomic mass is 10.1. The van der Waals surface area contributed by atoms with Crippen LogP contribution in [0.15, 0.2) is 11.1 Å². The van der Waals surface area contributed by atoms with Crippen LogP contribution in [0.2, 0.25) is 0 Å². The second-order valence-electron chi connectivity index (χ2n) is 5.02. The Morgan fingerprint density at radius 2 is 2.27 bits per heavy atom. The smallest absolute Gasteiger partial charge is 0.319 e. The van der Waals surface area contributed by atoms with Gasteiger partial charge in [0.2, 0.25) is 0 Å². The molecule has 0 aromatic carbocycles. The maximum Gasteiger partial charge on any atom is 0.319 e. The van der Waals surface area contributed by atoms with E-state index >= 15 is 0 Å². The van der Waals surface area contributed by atoms with E-state index in [2.05, 4.69) is 4.98 Å². The van der Waals surface area contributed by atoms with Gasteiger partial charge in [-0.05, 0) is 32.8 Å². The van der Waals surface area contributed by atoms with E-state index in [9.17, 15) is 18.8 Å². The number of aromatic nitrogens is 1. The molecule has 1 heterocycles. The summed E-state index contributed by atoms with van der Waals surface area (Å²) in [5, 5.41) is 8.77. The Kier molecular flexibility index (Phi) is 5.35. The molecule has 118 valence electrons. The fourth-order valence-electron chi connectivity index (χ4n) is 1.99. The van der Waals surface area contributed by atoms with Gasteiger partial charge in [0, 0.05) is 17.2 Å². The molecule has 0 radical (unpaired) electrons. The predicted octanol–water partition coefficient (Wildman–Crippen LogP) is 3.81. The summed E-state index contributed by atoms with van der Waals surface area (Å²) in [4.78, 5) is 16.0. The van der Waals surface area contributed by atoms with Gasteiger partial charge in [-0.1, -0.05) is 11.8 Å². The third kappa shape index (κ3) is 3.74. The molecule has 0 N–H and O–H groups in total. The van der Waals surface area contributed by atoms with Crippen LogP contribution in [0.5, 0.6) is 0 Å². The molecule has 0 bridgehead atoms. The SMILES string of the molecule is CCOC(=O)C(C)Sc1nc(C2CC2)cc(C(F)F)c1C#N. The fraction of sp³-hybridized carbons (Fsp3) is 0.533. The van der Waals surface area contributed by atoms with Crippen molar-refractivity contribution in [3.63, 3.8) is 0 Å². The van der Waals surface area contributed by atoms with Gasteiger partial charge >= 0.3 is 5.97 Å². The number of alkyl halides is 2. The Labute approximate surface area is 131 Å². The Morgan fingerprint density at radius 3 is 2.77 bits per heavy atom. The van der Waals surface area contributed by atoms with E-state index in [1.807, 2.05) is 0 Å². The quantitative estimate of drug-likeness (QED) is 0.587. The van der Waals surface area contributed by atoms with Crippen LogP contribution in [0.4, 0.5) is 8.78 Å². The number of hydrogen-bond donors (Lipinski definition) is 0. The van der Waals surface area contributed by atoms with Crippen LogP contribution in [-0.2, 0) is 9.53 Å². The van der Waals surface area contributed by atoms with Gasteiger partial charge in [0.25, 0.3) is 6.43 Å². The highest BCUT2D eigenvalue weighted by molar-refractivity contribution is 8.00. The lowest BCUT2D eigenvalue weighted by molar-refractivity contribution is -0.142. The standard InChI is InChI=1S/C15H16F2N2O2S/c1-3-21-15(20)8(2)22-14-11(7-18)10(13(16)17)6-12(19-14)9-4-5-9/h6,8-9,13H,3-5H2,1-2H3. The molecule has 1 aliphatic carbocycles. The summed E-state index contributed by atoms with van der Waals surface area (Å²) in [6, 6.07) is 3.11. The number of esters is 1. The highest BCUT2D eigenvalue weighted by Crippen LogP contribution is 2.42. The zero-order chi connectivity index (χ0) is 16.3. The number of ether oxygens (including phenoxy) is 1. The van der Waals surface area contributed by atoms with Gasteiger partial charge in [-0.2, -0.15) is 5.26 Å². The molecular formula is C15H16F2N2O2S. The number of nitrogens with zero attached hydrogens (tertiary/aromatic N) is 2. The number of carbonyl (C=O) groups excluding carboxylic acids is 1. The van der Waals surface area contributed by atoms with Gasteiger partial charge in [0.1, 0.15) is 16.3 Å². The van der Waals surface area contributed by atoms with Crippen LogP contribution >= 0.6 is 11.8 Å². The summed E-state index contributed by atoms with van der Waals surface area (Å²) >= 11 is 0.992. The average molecular weight is 326 g/mol. The summed E-state index contributed by atoms with van der Waals surface area (Å²) in [7, 11) is 0. The summed E-state index contributed by atoms with van der Waals surface area (Å²) in [6.45, 7) is 3.54.